The third-order valence-electron chi connectivity index (χ3n) is 3.68. The van der Waals surface area contributed by atoms with Crippen LogP contribution in [-0.2, 0) is 25.6 Å². The van der Waals surface area contributed by atoms with E-state index < -0.39 is 29.5 Å². The summed E-state index contributed by atoms with van der Waals surface area (Å²) < 4.78 is 0. The first-order valence-corrected chi connectivity index (χ1v) is 6.68. The topological polar surface area (TPSA) is 95.0 Å². The van der Waals surface area contributed by atoms with Crippen LogP contribution in [0, 0.1) is 5.92 Å². The van der Waals surface area contributed by atoms with Gasteiger partial charge in [-0.3, -0.25) is 24.4 Å². The molecule has 1 aromatic rings. The van der Waals surface area contributed by atoms with Crippen molar-refractivity contribution in [3.63, 3.8) is 0 Å². The van der Waals surface area contributed by atoms with Crippen LogP contribution in [-0.4, -0.2) is 33.9 Å². The Kier molecular flexibility index (Phi) is 3.34. The molecule has 2 aliphatic heterocycles. The van der Waals surface area contributed by atoms with Gasteiger partial charge in [0.2, 0.25) is 0 Å². The summed E-state index contributed by atoms with van der Waals surface area (Å²) in [5.74, 6) is -2.73. The molecule has 1 unspecified atom stereocenters. The second-order valence-corrected chi connectivity index (χ2v) is 5.16. The predicted molar refractivity (Wildman–Crippen MR) is 73.5 cm³/mol. The molecular weight excluding hydrogens is 288 g/mol. The number of benzene rings is 1. The zero-order chi connectivity index (χ0) is 15.9. The number of imide groups is 2. The van der Waals surface area contributed by atoms with Crippen molar-refractivity contribution in [2.24, 2.45) is 5.92 Å². The van der Waals surface area contributed by atoms with Gasteiger partial charge >= 0.3 is 0 Å². The molecular formula is C15H12N2O5. The van der Waals surface area contributed by atoms with Crippen molar-refractivity contribution in [3.8, 4) is 0 Å². The van der Waals surface area contributed by atoms with Gasteiger partial charge in [0.15, 0.2) is 0 Å². The van der Waals surface area contributed by atoms with Gasteiger partial charge in [0.25, 0.3) is 23.6 Å². The number of rotatable bonds is 3. The van der Waals surface area contributed by atoms with E-state index in [1.165, 1.54) is 12.2 Å². The molecule has 0 bridgehead atoms. The fourth-order valence-corrected chi connectivity index (χ4v) is 2.60. The number of hydroxylamine groups is 2. The van der Waals surface area contributed by atoms with E-state index >= 15 is 0 Å². The monoisotopic (exact) mass is 300 g/mol. The van der Waals surface area contributed by atoms with Crippen molar-refractivity contribution in [2.75, 3.05) is 4.90 Å². The van der Waals surface area contributed by atoms with Crippen LogP contribution in [0.15, 0.2) is 36.4 Å². The maximum atomic E-state index is 11.7. The molecule has 0 aliphatic carbocycles. The van der Waals surface area contributed by atoms with E-state index in [1.807, 2.05) is 0 Å². The highest BCUT2D eigenvalue weighted by molar-refractivity contribution is 6.28. The van der Waals surface area contributed by atoms with Gasteiger partial charge in [0, 0.05) is 18.6 Å². The zero-order valence-electron chi connectivity index (χ0n) is 11.4. The summed E-state index contributed by atoms with van der Waals surface area (Å²) in [6, 6.07) is 6.65. The molecule has 3 rings (SSSR count). The van der Waals surface area contributed by atoms with Crippen molar-refractivity contribution >= 4 is 29.3 Å². The van der Waals surface area contributed by atoms with Gasteiger partial charge in [-0.15, -0.1) is 0 Å². The van der Waals surface area contributed by atoms with Gasteiger partial charge in [-0.05, 0) is 24.1 Å². The van der Waals surface area contributed by atoms with E-state index in [1.54, 1.807) is 24.3 Å². The first-order valence-electron chi connectivity index (χ1n) is 6.68. The molecule has 0 saturated carbocycles. The van der Waals surface area contributed by atoms with Gasteiger partial charge < -0.3 is 0 Å². The summed E-state index contributed by atoms with van der Waals surface area (Å²) in [4.78, 5) is 47.3. The first-order chi connectivity index (χ1) is 10.5. The standard InChI is InChI=1S/C15H12N2O5/c18-12-4-5-13(19)16(12)11-3-1-2-9(7-11)6-10-8-14(20)17(22)15(10)21/h1-5,7,10,22H,6,8H2. The van der Waals surface area contributed by atoms with Crippen LogP contribution in [0.25, 0.3) is 0 Å². The van der Waals surface area contributed by atoms with E-state index in [2.05, 4.69) is 0 Å². The lowest BCUT2D eigenvalue weighted by molar-refractivity contribution is -0.172. The molecule has 22 heavy (non-hydrogen) atoms. The lowest BCUT2D eigenvalue weighted by atomic mass is 9.97. The minimum atomic E-state index is -0.634. The number of anilines is 1. The molecule has 1 saturated heterocycles. The molecule has 7 nitrogen and oxygen atoms in total. The number of nitrogens with zero attached hydrogens (tertiary/aromatic N) is 2. The molecule has 1 N–H and O–H groups in total. The smallest absolute Gasteiger partial charge is 0.258 e. The fraction of sp³-hybridized carbons (Fsp3) is 0.200. The Balaban J connectivity index is 1.81. The zero-order valence-corrected chi connectivity index (χ0v) is 11.4. The molecule has 0 spiro atoms. The Morgan fingerprint density at radius 1 is 1.09 bits per heavy atom. The molecule has 4 amide bonds. The highest BCUT2D eigenvalue weighted by atomic mass is 16.5. The van der Waals surface area contributed by atoms with E-state index in [0.717, 1.165) is 4.90 Å². The molecule has 112 valence electrons. The van der Waals surface area contributed by atoms with Gasteiger partial charge in [-0.25, -0.2) is 4.90 Å². The average Bonchev–Trinajstić information content (AvgIpc) is 2.94. The molecule has 0 aromatic heterocycles. The summed E-state index contributed by atoms with van der Waals surface area (Å²) in [6.45, 7) is 0. The Morgan fingerprint density at radius 2 is 1.77 bits per heavy atom. The fourth-order valence-electron chi connectivity index (χ4n) is 2.60. The highest BCUT2D eigenvalue weighted by Gasteiger charge is 2.38. The normalized spacial score (nSPS) is 21.4. The molecule has 2 aliphatic rings. The number of hydrogen-bond acceptors (Lipinski definition) is 5. The number of amides is 4. The van der Waals surface area contributed by atoms with Gasteiger partial charge in [0.05, 0.1) is 11.6 Å². The number of carbonyl (C=O) groups is 4. The van der Waals surface area contributed by atoms with Crippen LogP contribution in [0.4, 0.5) is 5.69 Å². The molecule has 1 atom stereocenters. The summed E-state index contributed by atoms with van der Waals surface area (Å²) in [7, 11) is 0. The van der Waals surface area contributed by atoms with Crippen LogP contribution < -0.4 is 4.90 Å². The minimum absolute atomic E-state index is 0.0529. The molecule has 0 radical (unpaired) electrons. The molecule has 1 fully saturated rings. The van der Waals surface area contributed by atoms with Crippen LogP contribution >= 0.6 is 0 Å². The van der Waals surface area contributed by atoms with Crippen molar-refractivity contribution in [1.82, 2.24) is 5.06 Å². The largest absolute Gasteiger partial charge is 0.279 e. The highest BCUT2D eigenvalue weighted by Crippen LogP contribution is 2.25. The maximum absolute atomic E-state index is 11.7. The van der Waals surface area contributed by atoms with Gasteiger partial charge in [-0.1, -0.05) is 12.1 Å². The van der Waals surface area contributed by atoms with Crippen LogP contribution in [0.3, 0.4) is 0 Å². The van der Waals surface area contributed by atoms with Crippen LogP contribution in [0.5, 0.6) is 0 Å². The third kappa shape index (κ3) is 2.31. The summed E-state index contributed by atoms with van der Waals surface area (Å²) in [5, 5.41) is 9.38. The molecule has 7 heteroatoms. The second kappa shape index (κ2) is 5.19. The Labute approximate surface area is 125 Å². The SMILES string of the molecule is O=C1CC(Cc2cccc(N3C(=O)C=CC3=O)c2)C(=O)N1O. The first kappa shape index (κ1) is 14.2. The number of hydrogen-bond donors (Lipinski definition) is 1. The van der Waals surface area contributed by atoms with E-state index in [9.17, 15) is 24.4 Å². The van der Waals surface area contributed by atoms with E-state index in [4.69, 9.17) is 0 Å². The molecule has 1 aromatic carbocycles. The van der Waals surface area contributed by atoms with Gasteiger partial charge in [-0.2, -0.15) is 5.06 Å². The maximum Gasteiger partial charge on any atom is 0.258 e. The summed E-state index contributed by atoms with van der Waals surface area (Å²) in [6.07, 6.45) is 2.58. The van der Waals surface area contributed by atoms with E-state index in [-0.39, 0.29) is 17.9 Å². The Bertz CT molecular complexity index is 706. The van der Waals surface area contributed by atoms with E-state index in [0.29, 0.717) is 11.3 Å². The van der Waals surface area contributed by atoms with Crippen molar-refractivity contribution in [2.45, 2.75) is 12.8 Å². The predicted octanol–water partition coefficient (Wildman–Crippen LogP) is 0.423. The summed E-state index contributed by atoms with van der Waals surface area (Å²) >= 11 is 0. The Hall–Kier alpha value is -2.80. The minimum Gasteiger partial charge on any atom is -0.279 e. The lowest BCUT2D eigenvalue weighted by Gasteiger charge is -2.15. The van der Waals surface area contributed by atoms with Crippen LogP contribution in [0.2, 0.25) is 0 Å². The van der Waals surface area contributed by atoms with Crippen LogP contribution in [0.1, 0.15) is 12.0 Å². The third-order valence-corrected chi connectivity index (χ3v) is 3.68. The molecule has 2 heterocycles. The average molecular weight is 300 g/mol. The van der Waals surface area contributed by atoms with Crippen molar-refractivity contribution < 1.29 is 24.4 Å². The quantitative estimate of drug-likeness (QED) is 0.645. The lowest BCUT2D eigenvalue weighted by Crippen LogP contribution is -2.29. The second-order valence-electron chi connectivity index (χ2n) is 5.16. The summed E-state index contributed by atoms with van der Waals surface area (Å²) in [5.41, 5.74) is 1.11. The van der Waals surface area contributed by atoms with Crippen molar-refractivity contribution in [3.05, 3.63) is 42.0 Å². The Morgan fingerprint density at radius 3 is 2.36 bits per heavy atom. The van der Waals surface area contributed by atoms with Gasteiger partial charge in [0.1, 0.15) is 0 Å². The number of carbonyl (C=O) groups excluding carboxylic acids is 4. The van der Waals surface area contributed by atoms with Crippen molar-refractivity contribution in [1.29, 1.82) is 0 Å².